The van der Waals surface area contributed by atoms with Crippen LogP contribution in [0, 0.1) is 0 Å². The van der Waals surface area contributed by atoms with Crippen molar-refractivity contribution in [2.45, 2.75) is 45.4 Å². The Morgan fingerprint density at radius 2 is 2.09 bits per heavy atom. The van der Waals surface area contributed by atoms with Gasteiger partial charge in [-0.15, -0.1) is 0 Å². The third-order valence-corrected chi connectivity index (χ3v) is 5.45. The van der Waals surface area contributed by atoms with E-state index >= 15 is 0 Å². The average Bonchev–Trinajstić information content (AvgIpc) is 3.11. The van der Waals surface area contributed by atoms with Gasteiger partial charge in [-0.25, -0.2) is 4.98 Å². The monoisotopic (exact) mass is 325 g/mol. The van der Waals surface area contributed by atoms with Crippen LogP contribution in [0.3, 0.4) is 0 Å². The van der Waals surface area contributed by atoms with Crippen LogP contribution in [0.5, 0.6) is 0 Å². The highest BCUT2D eigenvalue weighted by Crippen LogP contribution is 2.30. The number of aldehydes is 1. The number of carbonyl (C=O) groups is 1. The number of aromatic nitrogens is 3. The lowest BCUT2D eigenvalue weighted by Crippen LogP contribution is -2.02. The Morgan fingerprint density at radius 1 is 1.26 bits per heavy atom. The van der Waals surface area contributed by atoms with Gasteiger partial charge in [-0.05, 0) is 49.3 Å². The summed E-state index contributed by atoms with van der Waals surface area (Å²) in [6.07, 6.45) is 7.67. The maximum absolute atomic E-state index is 11.6. The quantitative estimate of drug-likeness (QED) is 0.678. The van der Waals surface area contributed by atoms with Gasteiger partial charge in [0, 0.05) is 12.0 Å². The Kier molecular flexibility index (Phi) is 3.73. The number of benzene rings is 1. The number of hydrogen-bond donors (Lipinski definition) is 0. The van der Waals surface area contributed by atoms with Gasteiger partial charge in [0.15, 0.2) is 6.29 Å². The average molecular weight is 325 g/mol. The van der Waals surface area contributed by atoms with Crippen LogP contribution in [0.15, 0.2) is 18.2 Å². The number of nitrogens with zero attached hydrogens (tertiary/aromatic N) is 3. The third-order valence-electron chi connectivity index (χ3n) is 4.48. The van der Waals surface area contributed by atoms with E-state index in [9.17, 15) is 4.79 Å². The van der Waals surface area contributed by atoms with Crippen LogP contribution in [0.1, 0.15) is 52.8 Å². The summed E-state index contributed by atoms with van der Waals surface area (Å²) < 4.78 is 1.71. The molecule has 4 nitrogen and oxygen atoms in total. The summed E-state index contributed by atoms with van der Waals surface area (Å²) in [5.74, 6) is 0. The minimum absolute atomic E-state index is 0.564. The number of imidazole rings is 1. The predicted molar refractivity (Wildman–Crippen MR) is 92.3 cm³/mol. The molecule has 0 saturated heterocycles. The summed E-state index contributed by atoms with van der Waals surface area (Å²) in [6.45, 7) is 2.13. The molecule has 0 saturated carbocycles. The summed E-state index contributed by atoms with van der Waals surface area (Å²) in [6, 6.07) is 6.50. The fourth-order valence-corrected chi connectivity index (χ4v) is 4.32. The standard InChI is InChI=1S/C18H19N3OS/c1-2-5-16-20-21-15(11-22)17(19-18(21)23-16)14-9-8-12-6-3-4-7-13(12)10-14/h8-11H,2-7H2,1H3. The molecule has 118 valence electrons. The molecule has 0 radical (unpaired) electrons. The molecule has 2 aromatic heterocycles. The van der Waals surface area contributed by atoms with Crippen LogP contribution < -0.4 is 0 Å². The van der Waals surface area contributed by atoms with Crippen molar-refractivity contribution in [1.29, 1.82) is 0 Å². The van der Waals surface area contributed by atoms with Gasteiger partial charge in [-0.2, -0.15) is 9.61 Å². The molecule has 0 atom stereocenters. The zero-order chi connectivity index (χ0) is 15.8. The molecule has 0 aliphatic heterocycles. The van der Waals surface area contributed by atoms with Gasteiger partial charge >= 0.3 is 0 Å². The highest BCUT2D eigenvalue weighted by atomic mass is 32.1. The lowest BCUT2D eigenvalue weighted by molar-refractivity contribution is 0.111. The molecule has 0 amide bonds. The molecule has 1 aromatic carbocycles. The Balaban J connectivity index is 1.81. The van der Waals surface area contributed by atoms with Crippen LogP contribution >= 0.6 is 11.3 Å². The van der Waals surface area contributed by atoms with Gasteiger partial charge in [-0.3, -0.25) is 4.79 Å². The van der Waals surface area contributed by atoms with Crippen molar-refractivity contribution in [2.24, 2.45) is 0 Å². The minimum Gasteiger partial charge on any atom is -0.296 e. The summed E-state index contributed by atoms with van der Waals surface area (Å²) in [5, 5.41) is 5.59. The zero-order valence-corrected chi connectivity index (χ0v) is 14.0. The van der Waals surface area contributed by atoms with Crippen LogP contribution in [0.25, 0.3) is 16.2 Å². The Morgan fingerprint density at radius 3 is 2.87 bits per heavy atom. The number of carbonyl (C=O) groups excluding carboxylic acids is 1. The SMILES string of the molecule is CCCc1nn2c(C=O)c(-c3ccc4c(c3)CCCC4)nc2s1. The lowest BCUT2D eigenvalue weighted by atomic mass is 9.90. The molecule has 1 aliphatic carbocycles. The lowest BCUT2D eigenvalue weighted by Gasteiger charge is -2.16. The molecule has 0 spiro atoms. The van der Waals surface area contributed by atoms with Crippen LogP contribution in [0.4, 0.5) is 0 Å². The van der Waals surface area contributed by atoms with Crippen molar-refractivity contribution in [1.82, 2.24) is 14.6 Å². The van der Waals surface area contributed by atoms with Gasteiger partial charge in [0.1, 0.15) is 16.4 Å². The van der Waals surface area contributed by atoms with E-state index in [0.717, 1.165) is 53.2 Å². The van der Waals surface area contributed by atoms with Crippen molar-refractivity contribution in [3.63, 3.8) is 0 Å². The zero-order valence-electron chi connectivity index (χ0n) is 13.2. The molecule has 0 unspecified atom stereocenters. The second-order valence-electron chi connectivity index (χ2n) is 6.09. The van der Waals surface area contributed by atoms with Crippen molar-refractivity contribution >= 4 is 22.6 Å². The topological polar surface area (TPSA) is 47.3 Å². The molecule has 1 aliphatic rings. The summed E-state index contributed by atoms with van der Waals surface area (Å²) >= 11 is 1.58. The molecule has 0 N–H and O–H groups in total. The summed E-state index contributed by atoms with van der Waals surface area (Å²) in [5.41, 5.74) is 5.20. The maximum atomic E-state index is 11.6. The van der Waals surface area contributed by atoms with Crippen molar-refractivity contribution < 1.29 is 4.79 Å². The molecule has 5 heteroatoms. The fraction of sp³-hybridized carbons (Fsp3) is 0.389. The van der Waals surface area contributed by atoms with Crippen molar-refractivity contribution in [2.75, 3.05) is 0 Å². The number of fused-ring (bicyclic) bond motifs is 2. The van der Waals surface area contributed by atoms with E-state index in [2.05, 4.69) is 30.2 Å². The van der Waals surface area contributed by atoms with E-state index in [0.29, 0.717) is 5.69 Å². The molecule has 23 heavy (non-hydrogen) atoms. The second kappa shape index (κ2) is 5.89. The Bertz CT molecular complexity index is 878. The second-order valence-corrected chi connectivity index (χ2v) is 7.13. The largest absolute Gasteiger partial charge is 0.296 e. The minimum atomic E-state index is 0.564. The van der Waals surface area contributed by atoms with Crippen molar-refractivity contribution in [3.05, 3.63) is 40.0 Å². The molecule has 2 heterocycles. The molecular weight excluding hydrogens is 306 g/mol. The molecule has 4 rings (SSSR count). The first kappa shape index (κ1) is 14.6. The first-order valence-electron chi connectivity index (χ1n) is 8.26. The van der Waals surface area contributed by atoms with E-state index in [1.54, 1.807) is 15.9 Å². The highest BCUT2D eigenvalue weighted by molar-refractivity contribution is 7.16. The molecule has 0 fully saturated rings. The van der Waals surface area contributed by atoms with Gasteiger partial charge in [0.25, 0.3) is 0 Å². The van der Waals surface area contributed by atoms with Gasteiger partial charge in [0.05, 0.1) is 0 Å². The summed E-state index contributed by atoms with van der Waals surface area (Å²) in [7, 11) is 0. The first-order chi connectivity index (χ1) is 11.3. The van der Waals surface area contributed by atoms with Crippen LogP contribution in [-0.2, 0) is 19.3 Å². The third kappa shape index (κ3) is 2.49. The molecule has 0 bridgehead atoms. The van der Waals surface area contributed by atoms with Crippen LogP contribution in [-0.4, -0.2) is 20.9 Å². The smallest absolute Gasteiger partial charge is 0.213 e. The van der Waals surface area contributed by atoms with Crippen LogP contribution in [0.2, 0.25) is 0 Å². The van der Waals surface area contributed by atoms with Gasteiger partial charge in [-0.1, -0.05) is 30.4 Å². The fourth-order valence-electron chi connectivity index (χ4n) is 3.32. The highest BCUT2D eigenvalue weighted by Gasteiger charge is 2.19. The first-order valence-corrected chi connectivity index (χ1v) is 9.07. The van der Waals surface area contributed by atoms with E-state index < -0.39 is 0 Å². The van der Waals surface area contributed by atoms with Gasteiger partial charge < -0.3 is 0 Å². The van der Waals surface area contributed by atoms with E-state index in [1.807, 2.05) is 0 Å². The molecule has 3 aromatic rings. The van der Waals surface area contributed by atoms with Crippen molar-refractivity contribution in [3.8, 4) is 11.3 Å². The van der Waals surface area contributed by atoms with Gasteiger partial charge in [0.2, 0.25) is 4.96 Å². The predicted octanol–water partition coefficient (Wildman–Crippen LogP) is 4.10. The van der Waals surface area contributed by atoms with E-state index in [1.165, 1.54) is 24.0 Å². The number of rotatable bonds is 4. The van der Waals surface area contributed by atoms with E-state index in [-0.39, 0.29) is 0 Å². The normalized spacial score (nSPS) is 14.1. The number of aryl methyl sites for hydroxylation is 3. The summed E-state index contributed by atoms with van der Waals surface area (Å²) in [4.78, 5) is 17.1. The van der Waals surface area contributed by atoms with E-state index in [4.69, 9.17) is 4.98 Å². The Hall–Kier alpha value is -2.01. The molecular formula is C18H19N3OS. The number of hydrogen-bond acceptors (Lipinski definition) is 4. The maximum Gasteiger partial charge on any atom is 0.213 e. The Labute approximate surface area is 139 Å².